The highest BCUT2D eigenvalue weighted by Crippen LogP contribution is 2.62. The lowest BCUT2D eigenvalue weighted by molar-refractivity contribution is -0.0188. The van der Waals surface area contributed by atoms with Crippen molar-refractivity contribution in [2.75, 3.05) is 33.7 Å². The number of hydrogen-bond acceptors (Lipinski definition) is 4. The fourth-order valence-electron chi connectivity index (χ4n) is 7.81. The van der Waals surface area contributed by atoms with Crippen LogP contribution in [-0.4, -0.2) is 39.6 Å². The minimum atomic E-state index is -0.0310. The Morgan fingerprint density at radius 2 is 1.55 bits per heavy atom. The van der Waals surface area contributed by atoms with Crippen molar-refractivity contribution in [1.82, 2.24) is 5.32 Å². The van der Waals surface area contributed by atoms with Gasteiger partial charge in [-0.2, -0.15) is 0 Å². The molecule has 7 rings (SSSR count). The first kappa shape index (κ1) is 25.4. The van der Waals surface area contributed by atoms with Gasteiger partial charge in [-0.1, -0.05) is 24.3 Å². The number of rotatable bonds is 10. The van der Waals surface area contributed by atoms with E-state index in [9.17, 15) is 4.79 Å². The Kier molecular flexibility index (Phi) is 7.15. The summed E-state index contributed by atoms with van der Waals surface area (Å²) >= 11 is 0. The van der Waals surface area contributed by atoms with Gasteiger partial charge in [-0.15, -0.1) is 0 Å². The van der Waals surface area contributed by atoms with Crippen LogP contribution in [0.4, 0.5) is 0 Å². The molecule has 4 bridgehead atoms. The maximum Gasteiger partial charge on any atom is 0.251 e. The summed E-state index contributed by atoms with van der Waals surface area (Å²) in [6, 6.07) is 19.2. The number of methoxy groups -OCH3 is 1. The summed E-state index contributed by atoms with van der Waals surface area (Å²) in [6.45, 7) is 3.89. The molecule has 4 saturated carbocycles. The number of carbonyl (C=O) groups excluding carboxylic acids is 1. The minimum Gasteiger partial charge on any atom is -0.467 e. The largest absolute Gasteiger partial charge is 0.467 e. The summed E-state index contributed by atoms with van der Waals surface area (Å²) in [5.41, 5.74) is 4.56. The van der Waals surface area contributed by atoms with Crippen LogP contribution in [0.3, 0.4) is 0 Å². The van der Waals surface area contributed by atoms with Gasteiger partial charge in [0.2, 0.25) is 0 Å². The summed E-state index contributed by atoms with van der Waals surface area (Å²) in [5.74, 6) is 3.53. The van der Waals surface area contributed by atoms with Crippen molar-refractivity contribution in [3.05, 3.63) is 65.7 Å². The predicted octanol–water partition coefficient (Wildman–Crippen LogP) is 6.72. The summed E-state index contributed by atoms with van der Waals surface area (Å²) in [6.07, 6.45) is 8.10. The van der Waals surface area contributed by atoms with E-state index in [-0.39, 0.29) is 18.1 Å². The summed E-state index contributed by atoms with van der Waals surface area (Å²) in [4.78, 5) is 12.2. The van der Waals surface area contributed by atoms with Crippen molar-refractivity contribution in [1.29, 1.82) is 0 Å². The molecule has 0 spiro atoms. The third-order valence-corrected chi connectivity index (χ3v) is 9.10. The van der Waals surface area contributed by atoms with E-state index >= 15 is 0 Å². The third kappa shape index (κ3) is 4.94. The van der Waals surface area contributed by atoms with Gasteiger partial charge in [0, 0.05) is 24.8 Å². The first-order valence-corrected chi connectivity index (χ1v) is 14.2. The molecule has 0 unspecified atom stereocenters. The topological polar surface area (TPSA) is 56.8 Å². The lowest BCUT2D eigenvalue weighted by Gasteiger charge is -2.57. The van der Waals surface area contributed by atoms with E-state index in [1.807, 2.05) is 31.2 Å². The molecule has 38 heavy (non-hydrogen) atoms. The molecule has 3 aromatic rings. The van der Waals surface area contributed by atoms with Crippen LogP contribution in [0.15, 0.2) is 54.6 Å². The Balaban J connectivity index is 1.34. The molecule has 1 amide bonds. The quantitative estimate of drug-likeness (QED) is 0.241. The maximum absolute atomic E-state index is 12.2. The second-order valence-electron chi connectivity index (χ2n) is 11.7. The second-order valence-corrected chi connectivity index (χ2v) is 11.7. The van der Waals surface area contributed by atoms with Gasteiger partial charge in [0.1, 0.15) is 5.75 Å². The van der Waals surface area contributed by atoms with Gasteiger partial charge in [-0.3, -0.25) is 4.79 Å². The van der Waals surface area contributed by atoms with Crippen LogP contribution in [-0.2, 0) is 14.9 Å². The van der Waals surface area contributed by atoms with Crippen molar-refractivity contribution in [3.8, 4) is 16.9 Å². The SMILES string of the molecule is CCNC(=O)c1ccc(-c2ccc3cc(OCOCCOC)c(C45CC6CC(CC(C6)C4)C5)cc3c2)cc1. The Hall–Kier alpha value is -2.89. The van der Waals surface area contributed by atoms with Crippen LogP contribution >= 0.6 is 0 Å². The number of carbonyl (C=O) groups is 1. The maximum atomic E-state index is 12.2. The molecule has 0 aromatic heterocycles. The minimum absolute atomic E-state index is 0.0310. The van der Waals surface area contributed by atoms with E-state index in [1.54, 1.807) is 7.11 Å². The fourth-order valence-corrected chi connectivity index (χ4v) is 7.81. The van der Waals surface area contributed by atoms with Gasteiger partial charge < -0.3 is 19.5 Å². The lowest BCUT2D eigenvalue weighted by atomic mass is 9.48. The van der Waals surface area contributed by atoms with Crippen LogP contribution in [0.1, 0.15) is 61.4 Å². The highest BCUT2D eigenvalue weighted by Gasteiger charge is 2.52. The molecule has 0 saturated heterocycles. The highest BCUT2D eigenvalue weighted by molar-refractivity contribution is 5.95. The zero-order valence-electron chi connectivity index (χ0n) is 22.6. The zero-order chi connectivity index (χ0) is 26.1. The van der Waals surface area contributed by atoms with Crippen molar-refractivity contribution in [2.45, 2.75) is 50.9 Å². The number of benzene rings is 3. The van der Waals surface area contributed by atoms with Crippen molar-refractivity contribution in [3.63, 3.8) is 0 Å². The molecule has 0 radical (unpaired) electrons. The smallest absolute Gasteiger partial charge is 0.251 e. The highest BCUT2D eigenvalue weighted by atomic mass is 16.7. The van der Waals surface area contributed by atoms with Gasteiger partial charge in [-0.05, 0) is 121 Å². The fraction of sp³-hybridized carbons (Fsp3) is 0.485. The molecule has 0 heterocycles. The molecule has 0 atom stereocenters. The standard InChI is InChI=1S/C33H39NO4/c1-3-34-32(35)26-6-4-25(5-7-26)27-8-9-28-17-31(38-21-37-11-10-36-2)30(16-29(28)15-27)33-18-22-12-23(19-33)14-24(13-22)20-33/h4-9,15-17,22-24H,3,10-14,18-21H2,1-2H3,(H,34,35). The third-order valence-electron chi connectivity index (χ3n) is 9.10. The number of ether oxygens (including phenoxy) is 3. The Labute approximate surface area is 225 Å². The van der Waals surface area contributed by atoms with Crippen LogP contribution < -0.4 is 10.1 Å². The summed E-state index contributed by atoms with van der Waals surface area (Å²) in [5, 5.41) is 5.29. The molecule has 5 nitrogen and oxygen atoms in total. The molecule has 200 valence electrons. The van der Waals surface area contributed by atoms with Gasteiger partial charge in [-0.25, -0.2) is 0 Å². The normalized spacial score (nSPS) is 25.6. The Morgan fingerprint density at radius 1 is 0.868 bits per heavy atom. The van der Waals surface area contributed by atoms with Crippen LogP contribution in [0, 0.1) is 17.8 Å². The lowest BCUT2D eigenvalue weighted by Crippen LogP contribution is -2.48. The molecule has 3 aromatic carbocycles. The van der Waals surface area contributed by atoms with Gasteiger partial charge in [0.25, 0.3) is 5.91 Å². The monoisotopic (exact) mass is 513 g/mol. The van der Waals surface area contributed by atoms with Gasteiger partial charge >= 0.3 is 0 Å². The molecule has 4 aliphatic carbocycles. The zero-order valence-corrected chi connectivity index (χ0v) is 22.6. The van der Waals surface area contributed by atoms with Crippen molar-refractivity contribution >= 4 is 16.7 Å². The molecule has 0 aliphatic heterocycles. The molecule has 5 heteroatoms. The average molecular weight is 514 g/mol. The molecule has 4 fully saturated rings. The van der Waals surface area contributed by atoms with E-state index < -0.39 is 0 Å². The van der Waals surface area contributed by atoms with Crippen molar-refractivity contribution < 1.29 is 19.0 Å². The van der Waals surface area contributed by atoms with Crippen molar-refractivity contribution in [2.24, 2.45) is 17.8 Å². The number of fused-ring (bicyclic) bond motifs is 1. The van der Waals surface area contributed by atoms with E-state index in [4.69, 9.17) is 14.2 Å². The predicted molar refractivity (Wildman–Crippen MR) is 151 cm³/mol. The van der Waals surface area contributed by atoms with Gasteiger partial charge in [0.15, 0.2) is 6.79 Å². The first-order chi connectivity index (χ1) is 18.6. The number of nitrogens with one attached hydrogen (secondary N) is 1. The summed E-state index contributed by atoms with van der Waals surface area (Å²) in [7, 11) is 1.69. The Bertz CT molecular complexity index is 1260. The van der Waals surface area contributed by atoms with Crippen LogP contribution in [0.2, 0.25) is 0 Å². The number of amides is 1. The summed E-state index contributed by atoms with van der Waals surface area (Å²) < 4.78 is 17.2. The molecular weight excluding hydrogens is 474 g/mol. The second kappa shape index (κ2) is 10.7. The average Bonchev–Trinajstić information content (AvgIpc) is 2.92. The molecular formula is C33H39NO4. The van der Waals surface area contributed by atoms with E-state index in [1.165, 1.54) is 54.9 Å². The molecule has 1 N–H and O–H groups in total. The van der Waals surface area contributed by atoms with E-state index in [2.05, 4.69) is 35.6 Å². The first-order valence-electron chi connectivity index (χ1n) is 14.2. The van der Waals surface area contributed by atoms with Crippen LogP contribution in [0.5, 0.6) is 5.75 Å². The number of hydrogen-bond donors (Lipinski definition) is 1. The van der Waals surface area contributed by atoms with E-state index in [0.29, 0.717) is 25.3 Å². The Morgan fingerprint density at radius 3 is 2.21 bits per heavy atom. The van der Waals surface area contributed by atoms with Gasteiger partial charge in [0.05, 0.1) is 13.2 Å². The van der Waals surface area contributed by atoms with Crippen LogP contribution in [0.25, 0.3) is 21.9 Å². The molecule has 4 aliphatic rings. The van der Waals surface area contributed by atoms with E-state index in [0.717, 1.165) is 34.6 Å².